The maximum absolute atomic E-state index is 11.3. The van der Waals surface area contributed by atoms with Gasteiger partial charge in [0.2, 0.25) is 10.0 Å². The number of carboxylic acids is 1. The lowest BCUT2D eigenvalue weighted by molar-refractivity contribution is -0.141. The van der Waals surface area contributed by atoms with E-state index in [9.17, 15) is 13.2 Å². The highest BCUT2D eigenvalue weighted by Crippen LogP contribution is 2.18. The Hall–Kier alpha value is -1.56. The Morgan fingerprint density at radius 2 is 1.83 bits per heavy atom. The van der Waals surface area contributed by atoms with Crippen molar-refractivity contribution in [3.63, 3.8) is 0 Å². The van der Waals surface area contributed by atoms with Crippen molar-refractivity contribution < 1.29 is 18.3 Å². The number of sulfonamides is 1. The van der Waals surface area contributed by atoms with Gasteiger partial charge < -0.3 is 5.11 Å². The third-order valence-corrected chi connectivity index (χ3v) is 3.97. The SMILES string of the molecule is CC(Cc1ccc(N(C)S(C)(=O)=O)cc1)C(=O)O. The fraction of sp³-hybridized carbons (Fsp3) is 0.417. The van der Waals surface area contributed by atoms with Crippen LogP contribution in [0.5, 0.6) is 0 Å². The van der Waals surface area contributed by atoms with E-state index in [-0.39, 0.29) is 0 Å². The van der Waals surface area contributed by atoms with Crippen LogP contribution < -0.4 is 4.31 Å². The molecule has 6 heteroatoms. The maximum atomic E-state index is 11.3. The average Bonchev–Trinajstić information content (AvgIpc) is 2.27. The van der Waals surface area contributed by atoms with E-state index in [0.717, 1.165) is 11.8 Å². The smallest absolute Gasteiger partial charge is 0.306 e. The first-order valence-electron chi connectivity index (χ1n) is 5.47. The molecule has 1 rings (SSSR count). The van der Waals surface area contributed by atoms with E-state index < -0.39 is 21.9 Å². The molecule has 1 atom stereocenters. The van der Waals surface area contributed by atoms with Gasteiger partial charge in [-0.05, 0) is 24.1 Å². The molecule has 0 aliphatic heterocycles. The summed E-state index contributed by atoms with van der Waals surface area (Å²) in [5, 5.41) is 8.81. The average molecular weight is 271 g/mol. The molecule has 100 valence electrons. The second-order valence-electron chi connectivity index (χ2n) is 4.34. The summed E-state index contributed by atoms with van der Waals surface area (Å²) in [4.78, 5) is 10.7. The van der Waals surface area contributed by atoms with Crippen LogP contribution >= 0.6 is 0 Å². The molecular formula is C12H17NO4S. The number of hydrogen-bond acceptors (Lipinski definition) is 3. The monoisotopic (exact) mass is 271 g/mol. The van der Waals surface area contributed by atoms with Gasteiger partial charge in [-0.3, -0.25) is 9.10 Å². The van der Waals surface area contributed by atoms with Crippen LogP contribution in [0.4, 0.5) is 5.69 Å². The van der Waals surface area contributed by atoms with Crippen molar-refractivity contribution in [3.05, 3.63) is 29.8 Å². The Bertz CT molecular complexity index is 522. The molecule has 1 unspecified atom stereocenters. The zero-order valence-corrected chi connectivity index (χ0v) is 11.4. The molecule has 0 saturated carbocycles. The van der Waals surface area contributed by atoms with Crippen LogP contribution in [0, 0.1) is 5.92 Å². The lowest BCUT2D eigenvalue weighted by Crippen LogP contribution is -2.24. The largest absolute Gasteiger partial charge is 0.481 e. The van der Waals surface area contributed by atoms with E-state index in [2.05, 4.69) is 0 Å². The zero-order valence-electron chi connectivity index (χ0n) is 10.6. The van der Waals surface area contributed by atoms with Crippen LogP contribution in [-0.4, -0.2) is 32.8 Å². The summed E-state index contributed by atoms with van der Waals surface area (Å²) >= 11 is 0. The molecule has 18 heavy (non-hydrogen) atoms. The molecule has 1 aromatic rings. The molecule has 0 saturated heterocycles. The maximum Gasteiger partial charge on any atom is 0.306 e. The predicted octanol–water partition coefficient (Wildman–Crippen LogP) is 1.35. The van der Waals surface area contributed by atoms with Gasteiger partial charge in [-0.2, -0.15) is 0 Å². The van der Waals surface area contributed by atoms with Gasteiger partial charge >= 0.3 is 5.97 Å². The van der Waals surface area contributed by atoms with Crippen LogP contribution in [0.1, 0.15) is 12.5 Å². The molecule has 0 spiro atoms. The summed E-state index contributed by atoms with van der Waals surface area (Å²) in [5.41, 5.74) is 1.43. The van der Waals surface area contributed by atoms with Crippen LogP contribution in [0.3, 0.4) is 0 Å². The Morgan fingerprint density at radius 3 is 2.22 bits per heavy atom. The molecule has 0 amide bonds. The molecule has 0 bridgehead atoms. The Morgan fingerprint density at radius 1 is 1.33 bits per heavy atom. The quantitative estimate of drug-likeness (QED) is 0.877. The highest BCUT2D eigenvalue weighted by molar-refractivity contribution is 7.92. The summed E-state index contributed by atoms with van der Waals surface area (Å²) in [6, 6.07) is 6.84. The summed E-state index contributed by atoms with van der Waals surface area (Å²) in [5.74, 6) is -1.30. The molecule has 0 aliphatic rings. The Balaban J connectivity index is 2.84. The molecule has 5 nitrogen and oxygen atoms in total. The fourth-order valence-corrected chi connectivity index (χ4v) is 1.98. The van der Waals surface area contributed by atoms with E-state index in [1.165, 1.54) is 11.4 Å². The van der Waals surface area contributed by atoms with Gasteiger partial charge in [-0.25, -0.2) is 8.42 Å². The van der Waals surface area contributed by atoms with Gasteiger partial charge in [-0.1, -0.05) is 19.1 Å². The highest BCUT2D eigenvalue weighted by atomic mass is 32.2. The van der Waals surface area contributed by atoms with Crippen molar-refractivity contribution in [2.75, 3.05) is 17.6 Å². The number of carbonyl (C=O) groups is 1. The van der Waals surface area contributed by atoms with E-state index in [0.29, 0.717) is 12.1 Å². The van der Waals surface area contributed by atoms with Crippen LogP contribution in [-0.2, 0) is 21.2 Å². The first-order valence-corrected chi connectivity index (χ1v) is 7.32. The second-order valence-corrected chi connectivity index (χ2v) is 6.35. The van der Waals surface area contributed by atoms with Gasteiger partial charge in [-0.15, -0.1) is 0 Å². The molecule has 0 aromatic heterocycles. The topological polar surface area (TPSA) is 74.7 Å². The number of carboxylic acid groups (broad SMARTS) is 1. The summed E-state index contributed by atoms with van der Waals surface area (Å²) < 4.78 is 23.8. The zero-order chi connectivity index (χ0) is 13.9. The molecule has 0 radical (unpaired) electrons. The Kier molecular flexibility index (Phi) is 4.34. The standard InChI is InChI=1S/C12H17NO4S/c1-9(12(14)15)8-10-4-6-11(7-5-10)13(2)18(3,16)17/h4-7,9H,8H2,1-3H3,(H,14,15). The van der Waals surface area contributed by atoms with Crippen molar-refractivity contribution >= 4 is 21.7 Å². The predicted molar refractivity (Wildman–Crippen MR) is 70.2 cm³/mol. The minimum Gasteiger partial charge on any atom is -0.481 e. The van der Waals surface area contributed by atoms with Gasteiger partial charge in [0, 0.05) is 7.05 Å². The normalized spacial score (nSPS) is 13.1. The van der Waals surface area contributed by atoms with Gasteiger partial charge in [0.1, 0.15) is 0 Å². The first kappa shape index (κ1) is 14.5. The van der Waals surface area contributed by atoms with E-state index in [1.807, 2.05) is 0 Å². The molecule has 0 heterocycles. The first-order chi connectivity index (χ1) is 8.21. The number of anilines is 1. The van der Waals surface area contributed by atoms with Crippen LogP contribution in [0.25, 0.3) is 0 Å². The fourth-order valence-electron chi connectivity index (χ4n) is 1.47. The van der Waals surface area contributed by atoms with Crippen LogP contribution in [0.15, 0.2) is 24.3 Å². The minimum atomic E-state index is -3.27. The molecule has 0 fully saturated rings. The van der Waals surface area contributed by atoms with E-state index in [1.54, 1.807) is 31.2 Å². The summed E-state index contributed by atoms with van der Waals surface area (Å²) in [7, 11) is -1.79. The number of benzene rings is 1. The molecule has 0 aliphatic carbocycles. The highest BCUT2D eigenvalue weighted by Gasteiger charge is 2.13. The Labute approximate surface area is 107 Å². The lowest BCUT2D eigenvalue weighted by atomic mass is 10.0. The van der Waals surface area contributed by atoms with Gasteiger partial charge in [0.15, 0.2) is 0 Å². The van der Waals surface area contributed by atoms with E-state index in [4.69, 9.17) is 5.11 Å². The number of hydrogen-bond donors (Lipinski definition) is 1. The van der Waals surface area contributed by atoms with Crippen molar-refractivity contribution in [3.8, 4) is 0 Å². The number of rotatable bonds is 5. The minimum absolute atomic E-state index is 0.429. The van der Waals surface area contributed by atoms with Crippen molar-refractivity contribution in [1.29, 1.82) is 0 Å². The molecule has 1 N–H and O–H groups in total. The van der Waals surface area contributed by atoms with Gasteiger partial charge in [0.25, 0.3) is 0 Å². The third kappa shape index (κ3) is 3.73. The van der Waals surface area contributed by atoms with Crippen molar-refractivity contribution in [2.24, 2.45) is 5.92 Å². The van der Waals surface area contributed by atoms with Crippen molar-refractivity contribution in [1.82, 2.24) is 0 Å². The number of aliphatic carboxylic acids is 1. The van der Waals surface area contributed by atoms with E-state index >= 15 is 0 Å². The van der Waals surface area contributed by atoms with Crippen LogP contribution in [0.2, 0.25) is 0 Å². The molecular weight excluding hydrogens is 254 g/mol. The third-order valence-electron chi connectivity index (χ3n) is 2.76. The van der Waals surface area contributed by atoms with Gasteiger partial charge in [0.05, 0.1) is 17.9 Å². The van der Waals surface area contributed by atoms with Crippen molar-refractivity contribution in [2.45, 2.75) is 13.3 Å². The second kappa shape index (κ2) is 5.39. The lowest BCUT2D eigenvalue weighted by Gasteiger charge is -2.17. The summed E-state index contributed by atoms with van der Waals surface area (Å²) in [6.07, 6.45) is 1.56. The number of nitrogens with zero attached hydrogens (tertiary/aromatic N) is 1. The summed E-state index contributed by atoms with van der Waals surface area (Å²) in [6.45, 7) is 1.64. The molecule has 1 aromatic carbocycles.